The van der Waals surface area contributed by atoms with Crippen molar-refractivity contribution >= 4 is 22.7 Å². The molecule has 0 unspecified atom stereocenters. The monoisotopic (exact) mass is 418 g/mol. The zero-order chi connectivity index (χ0) is 21.5. The molecule has 1 aliphatic heterocycles. The third-order valence-electron chi connectivity index (χ3n) is 4.62. The predicted octanol–water partition coefficient (Wildman–Crippen LogP) is -0.117. The highest BCUT2D eigenvalue weighted by atomic mass is 32.2. The molecule has 28 heavy (non-hydrogen) atoms. The van der Waals surface area contributed by atoms with E-state index < -0.39 is 27.7 Å². The molecule has 158 valence electrons. The molecule has 3 N–H and O–H groups in total. The van der Waals surface area contributed by atoms with E-state index in [-0.39, 0.29) is 32.4 Å². The second kappa shape index (κ2) is 9.82. The quantitative estimate of drug-likeness (QED) is 0.542. The van der Waals surface area contributed by atoms with Gasteiger partial charge in [0.05, 0.1) is 13.2 Å². The van der Waals surface area contributed by atoms with Crippen molar-refractivity contribution in [1.29, 1.82) is 0 Å². The van der Waals surface area contributed by atoms with Crippen LogP contribution in [0.2, 0.25) is 0 Å². The van der Waals surface area contributed by atoms with Crippen molar-refractivity contribution < 1.29 is 38.1 Å². The minimum absolute atomic E-state index is 0.000147. The van der Waals surface area contributed by atoms with Crippen molar-refractivity contribution in [3.63, 3.8) is 0 Å². The van der Waals surface area contributed by atoms with E-state index in [9.17, 15) is 23.4 Å². The minimum atomic E-state index is -3.77. The molecule has 0 spiro atoms. The van der Waals surface area contributed by atoms with Gasteiger partial charge in [0.25, 0.3) is 16.7 Å². The summed E-state index contributed by atoms with van der Waals surface area (Å²) in [6.45, 7) is -0.462. The summed E-state index contributed by atoms with van der Waals surface area (Å²) in [5.41, 5.74) is -0.960. The van der Waals surface area contributed by atoms with Crippen molar-refractivity contribution in [1.82, 2.24) is 8.61 Å². The number of carboxylic acids is 1. The zero-order valence-electron chi connectivity index (χ0n) is 16.0. The Morgan fingerprint density at radius 3 is 2.54 bits per heavy atom. The Kier molecular flexibility index (Phi) is 8.36. The number of rotatable bonds is 6. The number of ether oxygens (including phenoxy) is 1. The van der Waals surface area contributed by atoms with Gasteiger partial charge in [-0.25, -0.2) is 0 Å². The van der Waals surface area contributed by atoms with Gasteiger partial charge in [0, 0.05) is 27.2 Å². The molecule has 0 radical (unpaired) electrons. The molecule has 2 rings (SSSR count). The average Bonchev–Trinajstić information content (AvgIpc) is 2.64. The number of hydrogen-bond donors (Lipinski definition) is 3. The van der Waals surface area contributed by atoms with Gasteiger partial charge in [-0.1, -0.05) is 12.1 Å². The number of benzene rings is 1. The Balaban J connectivity index is 0.00000122. The molecule has 2 atom stereocenters. The third-order valence-corrected chi connectivity index (χ3v) is 6.50. The molecule has 1 fully saturated rings. The van der Waals surface area contributed by atoms with Crippen molar-refractivity contribution in [3.05, 3.63) is 29.8 Å². The average molecular weight is 418 g/mol. The maximum absolute atomic E-state index is 12.4. The highest BCUT2D eigenvalue weighted by Crippen LogP contribution is 2.36. The molecule has 0 aliphatic carbocycles. The van der Waals surface area contributed by atoms with Gasteiger partial charge < -0.3 is 20.1 Å². The first-order chi connectivity index (χ1) is 13.0. The van der Waals surface area contributed by atoms with Gasteiger partial charge in [-0.15, -0.1) is 0 Å². The van der Waals surface area contributed by atoms with Crippen LogP contribution in [0.1, 0.15) is 12.0 Å². The molecule has 11 heteroatoms. The summed E-state index contributed by atoms with van der Waals surface area (Å²) >= 11 is 0. The predicted molar refractivity (Wildman–Crippen MR) is 100 cm³/mol. The molecule has 1 aliphatic rings. The highest BCUT2D eigenvalue weighted by Gasteiger charge is 2.51. The van der Waals surface area contributed by atoms with Crippen LogP contribution in [-0.2, 0) is 26.2 Å². The van der Waals surface area contributed by atoms with E-state index in [4.69, 9.17) is 14.6 Å². The zero-order valence-corrected chi connectivity index (χ0v) is 16.8. The number of hydrogen-bond acceptors (Lipinski definition) is 6. The van der Waals surface area contributed by atoms with E-state index >= 15 is 0 Å². The lowest BCUT2D eigenvalue weighted by Gasteiger charge is -2.43. The molecule has 0 saturated carbocycles. The summed E-state index contributed by atoms with van der Waals surface area (Å²) in [4.78, 5) is 20.4. The second-order valence-corrected chi connectivity index (χ2v) is 8.67. The minimum Gasteiger partial charge on any atom is -0.497 e. The number of aliphatic carboxylic acids is 1. The summed E-state index contributed by atoms with van der Waals surface area (Å²) in [7, 11) is 0.529. The first-order valence-electron chi connectivity index (χ1n) is 8.35. The number of piperidine rings is 1. The lowest BCUT2D eigenvalue weighted by molar-refractivity contribution is -0.161. The molecule has 1 saturated heterocycles. The van der Waals surface area contributed by atoms with Crippen LogP contribution in [0.15, 0.2) is 24.3 Å². The van der Waals surface area contributed by atoms with Crippen molar-refractivity contribution in [2.75, 3.05) is 34.3 Å². The van der Waals surface area contributed by atoms with Crippen LogP contribution in [0.5, 0.6) is 5.75 Å². The van der Waals surface area contributed by atoms with Gasteiger partial charge >= 0.3 is 5.97 Å². The molecular formula is C17H26N2O8S. The molecular weight excluding hydrogens is 392 g/mol. The standard InChI is InChI=1S/C16H24N2O6S.CH2O2/c1-17(2)25(22,23)18-8-7-14(19)16(11-18,15(20)21)10-12-5-4-6-13(9-12)24-3;2-1-3/h4-6,9,14,19H,7-8,10-11H2,1-3H3,(H,20,21);1H,(H,2,3)/t14-,16+;/m0./s1. The Morgan fingerprint density at radius 1 is 1.43 bits per heavy atom. The number of carboxylic acid groups (broad SMARTS) is 2. The Labute approximate surface area is 164 Å². The lowest BCUT2D eigenvalue weighted by Crippen LogP contribution is -2.59. The number of nitrogens with zero attached hydrogens (tertiary/aromatic N) is 2. The number of aliphatic hydroxyl groups is 1. The van der Waals surface area contributed by atoms with Crippen LogP contribution in [0.3, 0.4) is 0 Å². The smallest absolute Gasteiger partial charge is 0.313 e. The maximum Gasteiger partial charge on any atom is 0.313 e. The highest BCUT2D eigenvalue weighted by molar-refractivity contribution is 7.86. The Morgan fingerprint density at radius 2 is 2.04 bits per heavy atom. The van der Waals surface area contributed by atoms with Gasteiger partial charge in [0.1, 0.15) is 11.2 Å². The van der Waals surface area contributed by atoms with Crippen molar-refractivity contribution in [3.8, 4) is 5.75 Å². The van der Waals surface area contributed by atoms with Gasteiger partial charge in [-0.05, 0) is 30.5 Å². The number of aliphatic hydroxyl groups excluding tert-OH is 1. The fraction of sp³-hybridized carbons (Fsp3) is 0.529. The van der Waals surface area contributed by atoms with Gasteiger partial charge in [-0.2, -0.15) is 17.0 Å². The summed E-state index contributed by atoms with van der Waals surface area (Å²) in [5.74, 6) is -0.650. The first-order valence-corrected chi connectivity index (χ1v) is 9.74. The summed E-state index contributed by atoms with van der Waals surface area (Å²) in [6, 6.07) is 6.89. The van der Waals surface area contributed by atoms with Crippen LogP contribution < -0.4 is 4.74 Å². The SMILES string of the molecule is COc1cccc(C[C@@]2(C(=O)O)CN(S(=O)(=O)N(C)C)CC[C@@H]2O)c1.O=CO. The third kappa shape index (κ3) is 5.19. The summed E-state index contributed by atoms with van der Waals surface area (Å²) in [6.07, 6.45) is -1.09. The number of methoxy groups -OCH3 is 1. The van der Waals surface area contributed by atoms with Crippen LogP contribution in [-0.4, -0.2) is 85.2 Å². The molecule has 1 aromatic rings. The molecule has 1 aromatic carbocycles. The largest absolute Gasteiger partial charge is 0.497 e. The fourth-order valence-electron chi connectivity index (χ4n) is 3.08. The van der Waals surface area contributed by atoms with E-state index in [0.29, 0.717) is 11.3 Å². The normalized spacial score (nSPS) is 22.8. The van der Waals surface area contributed by atoms with Gasteiger partial charge in [0.15, 0.2) is 0 Å². The van der Waals surface area contributed by atoms with Crippen LogP contribution in [0, 0.1) is 5.41 Å². The van der Waals surface area contributed by atoms with Crippen LogP contribution in [0.25, 0.3) is 0 Å². The molecule has 0 bridgehead atoms. The fourth-order valence-corrected chi connectivity index (χ4v) is 4.27. The van der Waals surface area contributed by atoms with Crippen LogP contribution >= 0.6 is 0 Å². The van der Waals surface area contributed by atoms with E-state index in [0.717, 1.165) is 8.61 Å². The van der Waals surface area contributed by atoms with Crippen molar-refractivity contribution in [2.45, 2.75) is 18.9 Å². The molecule has 0 amide bonds. The number of carbonyl (C=O) groups is 2. The summed E-state index contributed by atoms with van der Waals surface area (Å²) in [5, 5.41) is 27.2. The Hall–Kier alpha value is -2.21. The van der Waals surface area contributed by atoms with Gasteiger partial charge in [0.2, 0.25) is 0 Å². The topological polar surface area (TPSA) is 145 Å². The van der Waals surface area contributed by atoms with E-state index in [1.807, 2.05) is 0 Å². The molecule has 1 heterocycles. The van der Waals surface area contributed by atoms with Crippen LogP contribution in [0.4, 0.5) is 0 Å². The second-order valence-electron chi connectivity index (χ2n) is 6.52. The van der Waals surface area contributed by atoms with E-state index in [2.05, 4.69) is 0 Å². The lowest BCUT2D eigenvalue weighted by atomic mass is 9.73. The van der Waals surface area contributed by atoms with Gasteiger partial charge in [-0.3, -0.25) is 9.59 Å². The molecule has 0 aromatic heterocycles. The van der Waals surface area contributed by atoms with E-state index in [1.165, 1.54) is 21.2 Å². The first kappa shape index (κ1) is 23.8. The molecule has 10 nitrogen and oxygen atoms in total. The van der Waals surface area contributed by atoms with Crippen molar-refractivity contribution in [2.24, 2.45) is 5.41 Å². The Bertz CT molecular complexity index is 783. The maximum atomic E-state index is 12.4. The summed E-state index contributed by atoms with van der Waals surface area (Å²) < 4.78 is 32.1. The van der Waals surface area contributed by atoms with E-state index in [1.54, 1.807) is 24.3 Å².